The molecule has 1 aliphatic rings. The Morgan fingerprint density at radius 3 is 2.56 bits per heavy atom. The average Bonchev–Trinajstić information content (AvgIpc) is 2.79. The lowest BCUT2D eigenvalue weighted by atomic mass is 10.2. The van der Waals surface area contributed by atoms with Crippen LogP contribution in [-0.4, -0.2) is 37.3 Å². The number of anilines is 1. The predicted molar refractivity (Wildman–Crippen MR) is 66.8 cm³/mol. The first kappa shape index (κ1) is 12.8. The highest BCUT2D eigenvalue weighted by Gasteiger charge is 2.37. The Morgan fingerprint density at radius 2 is 2.00 bits per heavy atom. The van der Waals surface area contributed by atoms with E-state index in [-0.39, 0.29) is 13.0 Å². The molecular weight excluding hydrogens is 256 g/mol. The molecular formula is C11H14N2O4S. The molecule has 0 radical (unpaired) electrons. The minimum absolute atomic E-state index is 0.0809. The van der Waals surface area contributed by atoms with Crippen LogP contribution in [0.15, 0.2) is 30.3 Å². The number of carboxylic acid groups (broad SMARTS) is 1. The molecule has 1 heterocycles. The lowest BCUT2D eigenvalue weighted by Crippen LogP contribution is -2.30. The monoisotopic (exact) mass is 270 g/mol. The zero-order valence-corrected chi connectivity index (χ0v) is 10.4. The van der Waals surface area contributed by atoms with Crippen LogP contribution in [0.4, 0.5) is 5.69 Å². The average molecular weight is 270 g/mol. The number of nitrogens with one attached hydrogen (secondary N) is 2. The molecule has 2 unspecified atom stereocenters. The molecule has 0 aromatic heterocycles. The summed E-state index contributed by atoms with van der Waals surface area (Å²) < 4.78 is 26.5. The number of sulfonamides is 1. The molecule has 18 heavy (non-hydrogen) atoms. The summed E-state index contributed by atoms with van der Waals surface area (Å²) in [5.41, 5.74) is 0.483. The first-order chi connectivity index (χ1) is 8.49. The third kappa shape index (κ3) is 2.80. The summed E-state index contributed by atoms with van der Waals surface area (Å²) in [6, 6.07) is 7.75. The third-order valence-corrected chi connectivity index (χ3v) is 4.62. The number of aliphatic carboxylic acids is 1. The highest BCUT2D eigenvalue weighted by atomic mass is 32.2. The number of rotatable bonds is 4. The Hall–Kier alpha value is -1.60. The number of para-hydroxylation sites is 1. The Kier molecular flexibility index (Phi) is 3.53. The normalized spacial score (nSPS) is 23.8. The highest BCUT2D eigenvalue weighted by molar-refractivity contribution is 7.93. The van der Waals surface area contributed by atoms with Gasteiger partial charge < -0.3 is 10.4 Å². The number of carboxylic acids is 1. The molecule has 1 fully saturated rings. The molecule has 1 aromatic carbocycles. The van der Waals surface area contributed by atoms with Gasteiger partial charge in [-0.25, -0.2) is 8.42 Å². The van der Waals surface area contributed by atoms with E-state index in [9.17, 15) is 13.2 Å². The van der Waals surface area contributed by atoms with Crippen LogP contribution in [0.25, 0.3) is 0 Å². The van der Waals surface area contributed by atoms with E-state index in [0.717, 1.165) is 0 Å². The van der Waals surface area contributed by atoms with Crippen LogP contribution in [0.3, 0.4) is 0 Å². The zero-order chi connectivity index (χ0) is 13.2. The fraction of sp³-hybridized carbons (Fsp3) is 0.364. The summed E-state index contributed by atoms with van der Waals surface area (Å²) in [4.78, 5) is 10.8. The van der Waals surface area contributed by atoms with Gasteiger partial charge in [0.05, 0.1) is 5.25 Å². The van der Waals surface area contributed by atoms with Crippen molar-refractivity contribution in [2.75, 3.05) is 11.3 Å². The van der Waals surface area contributed by atoms with Crippen molar-refractivity contribution in [3.8, 4) is 0 Å². The maximum absolute atomic E-state index is 12.0. The van der Waals surface area contributed by atoms with Gasteiger partial charge in [-0.3, -0.25) is 9.52 Å². The molecule has 0 bridgehead atoms. The Labute approximate surface area is 105 Å². The number of carbonyl (C=O) groups is 1. The van der Waals surface area contributed by atoms with Gasteiger partial charge in [0.25, 0.3) is 0 Å². The molecule has 1 aliphatic heterocycles. The van der Waals surface area contributed by atoms with Crippen molar-refractivity contribution in [2.24, 2.45) is 0 Å². The summed E-state index contributed by atoms with van der Waals surface area (Å²) in [5.74, 6) is -1.02. The maximum Gasteiger partial charge on any atom is 0.320 e. The molecule has 3 N–H and O–H groups in total. The lowest BCUT2D eigenvalue weighted by Gasteiger charge is -2.12. The van der Waals surface area contributed by atoms with E-state index >= 15 is 0 Å². The standard InChI is InChI=1S/C11H14N2O4S/c14-11(15)10-6-9(7-12-10)18(16,17)13-8-4-2-1-3-5-8/h1-5,9-10,12-13H,6-7H2,(H,14,15). The van der Waals surface area contributed by atoms with Crippen LogP contribution in [0.5, 0.6) is 0 Å². The SMILES string of the molecule is O=C(O)C1CC(S(=O)(=O)Nc2ccccc2)CN1. The van der Waals surface area contributed by atoms with E-state index in [0.29, 0.717) is 5.69 Å². The van der Waals surface area contributed by atoms with Gasteiger partial charge in [0, 0.05) is 12.2 Å². The maximum atomic E-state index is 12.0. The van der Waals surface area contributed by atoms with Crippen molar-refractivity contribution in [2.45, 2.75) is 17.7 Å². The largest absolute Gasteiger partial charge is 0.480 e. The molecule has 0 saturated carbocycles. The van der Waals surface area contributed by atoms with Gasteiger partial charge >= 0.3 is 5.97 Å². The number of hydrogen-bond acceptors (Lipinski definition) is 4. The molecule has 2 rings (SSSR count). The molecule has 0 spiro atoms. The first-order valence-corrected chi connectivity index (χ1v) is 7.06. The summed E-state index contributed by atoms with van der Waals surface area (Å²) in [7, 11) is -3.56. The van der Waals surface area contributed by atoms with Crippen molar-refractivity contribution in [1.82, 2.24) is 5.32 Å². The predicted octanol–water partition coefficient (Wildman–Crippen LogP) is 0.243. The van der Waals surface area contributed by atoms with Crippen molar-refractivity contribution < 1.29 is 18.3 Å². The molecule has 1 saturated heterocycles. The van der Waals surface area contributed by atoms with Crippen LogP contribution < -0.4 is 10.0 Å². The second kappa shape index (κ2) is 4.95. The zero-order valence-electron chi connectivity index (χ0n) is 9.54. The summed E-state index contributed by atoms with van der Waals surface area (Å²) >= 11 is 0. The summed E-state index contributed by atoms with van der Waals surface area (Å²) in [6.07, 6.45) is 0.0809. The van der Waals surface area contributed by atoms with Gasteiger partial charge in [-0.05, 0) is 18.6 Å². The van der Waals surface area contributed by atoms with Crippen LogP contribution in [0.1, 0.15) is 6.42 Å². The summed E-state index contributed by atoms with van der Waals surface area (Å²) in [5, 5.41) is 10.8. The fourth-order valence-electron chi connectivity index (χ4n) is 1.88. The van der Waals surface area contributed by atoms with Gasteiger partial charge in [0.15, 0.2) is 0 Å². The van der Waals surface area contributed by atoms with Gasteiger partial charge in [0.1, 0.15) is 6.04 Å². The van der Waals surface area contributed by atoms with E-state index in [2.05, 4.69) is 10.0 Å². The fourth-order valence-corrected chi connectivity index (χ4v) is 3.27. The van der Waals surface area contributed by atoms with Crippen molar-refractivity contribution in [1.29, 1.82) is 0 Å². The molecule has 0 amide bonds. The minimum atomic E-state index is -3.56. The van der Waals surface area contributed by atoms with Crippen molar-refractivity contribution in [3.63, 3.8) is 0 Å². The number of hydrogen-bond donors (Lipinski definition) is 3. The van der Waals surface area contributed by atoms with Crippen LogP contribution in [0.2, 0.25) is 0 Å². The van der Waals surface area contributed by atoms with E-state index in [1.807, 2.05) is 0 Å². The second-order valence-corrected chi connectivity index (χ2v) is 6.13. The van der Waals surface area contributed by atoms with Gasteiger partial charge in [-0.2, -0.15) is 0 Å². The Balaban J connectivity index is 2.07. The molecule has 2 atom stereocenters. The first-order valence-electron chi connectivity index (χ1n) is 5.52. The van der Waals surface area contributed by atoms with E-state index < -0.39 is 27.3 Å². The van der Waals surface area contributed by atoms with E-state index in [4.69, 9.17) is 5.11 Å². The second-order valence-electron chi connectivity index (χ2n) is 4.17. The quantitative estimate of drug-likeness (QED) is 0.728. The van der Waals surface area contributed by atoms with Gasteiger partial charge in [0.2, 0.25) is 10.0 Å². The van der Waals surface area contributed by atoms with E-state index in [1.54, 1.807) is 30.3 Å². The highest BCUT2D eigenvalue weighted by Crippen LogP contribution is 2.18. The smallest absolute Gasteiger partial charge is 0.320 e. The molecule has 6 nitrogen and oxygen atoms in total. The van der Waals surface area contributed by atoms with E-state index in [1.165, 1.54) is 0 Å². The number of benzene rings is 1. The van der Waals surface area contributed by atoms with Crippen LogP contribution in [-0.2, 0) is 14.8 Å². The van der Waals surface area contributed by atoms with Gasteiger partial charge in [-0.1, -0.05) is 18.2 Å². The van der Waals surface area contributed by atoms with Crippen LogP contribution in [0, 0.1) is 0 Å². The third-order valence-electron chi connectivity index (χ3n) is 2.86. The Morgan fingerprint density at radius 1 is 1.33 bits per heavy atom. The summed E-state index contributed by atoms with van der Waals surface area (Å²) in [6.45, 7) is 0.152. The van der Waals surface area contributed by atoms with Crippen LogP contribution >= 0.6 is 0 Å². The Bertz CT molecular complexity index is 529. The molecule has 7 heteroatoms. The molecule has 98 valence electrons. The van der Waals surface area contributed by atoms with Crippen molar-refractivity contribution >= 4 is 21.7 Å². The van der Waals surface area contributed by atoms with Crippen molar-refractivity contribution in [3.05, 3.63) is 30.3 Å². The van der Waals surface area contributed by atoms with Gasteiger partial charge in [-0.15, -0.1) is 0 Å². The minimum Gasteiger partial charge on any atom is -0.480 e. The molecule has 0 aliphatic carbocycles. The topological polar surface area (TPSA) is 95.5 Å². The molecule has 1 aromatic rings. The lowest BCUT2D eigenvalue weighted by molar-refractivity contribution is -0.139.